The monoisotopic (exact) mass is 356 g/mol. The van der Waals surface area contributed by atoms with Crippen molar-refractivity contribution in [1.82, 2.24) is 20.2 Å². The van der Waals surface area contributed by atoms with Crippen molar-refractivity contribution in [2.24, 2.45) is 11.8 Å². The number of imidazole rings is 1. The first-order valence-electron chi connectivity index (χ1n) is 9.53. The van der Waals surface area contributed by atoms with Crippen LogP contribution in [-0.4, -0.2) is 34.5 Å². The van der Waals surface area contributed by atoms with Gasteiger partial charge in [-0.05, 0) is 37.3 Å². The van der Waals surface area contributed by atoms with Gasteiger partial charge >= 0.3 is 0 Å². The zero-order valence-electron chi connectivity index (χ0n) is 15.6. The minimum absolute atomic E-state index is 0.00476. The Morgan fingerprint density at radius 1 is 1.23 bits per heavy atom. The van der Waals surface area contributed by atoms with Crippen molar-refractivity contribution in [2.75, 3.05) is 13.1 Å². The molecule has 0 radical (unpaired) electrons. The molecule has 6 nitrogen and oxygen atoms in total. The Labute approximate surface area is 154 Å². The van der Waals surface area contributed by atoms with E-state index in [0.717, 1.165) is 42.5 Å². The predicted octanol–water partition coefficient (Wildman–Crippen LogP) is 2.27. The number of nitrogens with one attached hydrogen (secondary N) is 2. The van der Waals surface area contributed by atoms with E-state index in [1.807, 2.05) is 28.8 Å². The average Bonchev–Trinajstić information content (AvgIpc) is 3.41. The zero-order valence-corrected chi connectivity index (χ0v) is 15.6. The van der Waals surface area contributed by atoms with Gasteiger partial charge in [-0.2, -0.15) is 0 Å². The van der Waals surface area contributed by atoms with Crippen molar-refractivity contribution < 1.29 is 9.59 Å². The normalized spacial score (nSPS) is 14.0. The molecule has 1 aromatic carbocycles. The summed E-state index contributed by atoms with van der Waals surface area (Å²) in [4.78, 5) is 28.7. The number of aryl methyl sites for hydroxylation is 1. The van der Waals surface area contributed by atoms with E-state index in [2.05, 4.69) is 24.5 Å². The summed E-state index contributed by atoms with van der Waals surface area (Å²) >= 11 is 0. The topological polar surface area (TPSA) is 76.0 Å². The second-order valence-electron chi connectivity index (χ2n) is 7.47. The third kappa shape index (κ3) is 4.84. The minimum Gasteiger partial charge on any atom is -0.356 e. The Hall–Kier alpha value is -2.37. The number of hydrogen-bond acceptors (Lipinski definition) is 3. The molecule has 140 valence electrons. The molecule has 26 heavy (non-hydrogen) atoms. The van der Waals surface area contributed by atoms with Gasteiger partial charge in [0.25, 0.3) is 0 Å². The maximum absolute atomic E-state index is 12.3. The third-order valence-corrected chi connectivity index (χ3v) is 4.57. The van der Waals surface area contributed by atoms with E-state index in [9.17, 15) is 9.59 Å². The molecule has 0 atom stereocenters. The van der Waals surface area contributed by atoms with Gasteiger partial charge in [-0.1, -0.05) is 26.0 Å². The van der Waals surface area contributed by atoms with Gasteiger partial charge < -0.3 is 15.2 Å². The Kier molecular flexibility index (Phi) is 5.91. The summed E-state index contributed by atoms with van der Waals surface area (Å²) in [6.07, 6.45) is 3.59. The van der Waals surface area contributed by atoms with Gasteiger partial charge in [-0.25, -0.2) is 4.98 Å². The fourth-order valence-electron chi connectivity index (χ4n) is 2.96. The second-order valence-corrected chi connectivity index (χ2v) is 7.47. The highest BCUT2D eigenvalue weighted by atomic mass is 16.2. The lowest BCUT2D eigenvalue weighted by atomic mass is 10.2. The van der Waals surface area contributed by atoms with Crippen molar-refractivity contribution in [3.8, 4) is 0 Å². The van der Waals surface area contributed by atoms with Crippen molar-refractivity contribution in [1.29, 1.82) is 0 Å². The summed E-state index contributed by atoms with van der Waals surface area (Å²) in [7, 11) is 0. The van der Waals surface area contributed by atoms with Crippen LogP contribution in [0, 0.1) is 11.8 Å². The van der Waals surface area contributed by atoms with Crippen LogP contribution in [0.2, 0.25) is 0 Å². The van der Waals surface area contributed by atoms with E-state index in [1.165, 1.54) is 0 Å². The molecular formula is C20H28N4O2. The number of benzene rings is 1. The highest BCUT2D eigenvalue weighted by Gasteiger charge is 2.29. The molecule has 1 aliphatic carbocycles. The lowest BCUT2D eigenvalue weighted by molar-refractivity contribution is -0.122. The molecule has 6 heteroatoms. The average molecular weight is 356 g/mol. The minimum atomic E-state index is 0.00476. The van der Waals surface area contributed by atoms with Crippen LogP contribution < -0.4 is 10.6 Å². The maximum Gasteiger partial charge on any atom is 0.240 e. The Morgan fingerprint density at radius 3 is 2.73 bits per heavy atom. The molecule has 0 spiro atoms. The van der Waals surface area contributed by atoms with E-state index < -0.39 is 0 Å². The second kappa shape index (κ2) is 8.34. The van der Waals surface area contributed by atoms with Crippen LogP contribution in [0.25, 0.3) is 11.0 Å². The molecule has 2 aromatic rings. The van der Waals surface area contributed by atoms with E-state index in [1.54, 1.807) is 0 Å². The van der Waals surface area contributed by atoms with Gasteiger partial charge in [0, 0.05) is 25.4 Å². The maximum atomic E-state index is 12.3. The number of carbonyl (C=O) groups excluding carboxylic acids is 2. The van der Waals surface area contributed by atoms with Crippen LogP contribution in [0.1, 0.15) is 38.9 Å². The van der Waals surface area contributed by atoms with E-state index >= 15 is 0 Å². The molecule has 3 rings (SSSR count). The fourth-order valence-corrected chi connectivity index (χ4v) is 2.96. The molecule has 0 bridgehead atoms. The Bertz CT molecular complexity index is 777. The summed E-state index contributed by atoms with van der Waals surface area (Å²) in [5.74, 6) is 1.74. The fraction of sp³-hybridized carbons (Fsp3) is 0.550. The van der Waals surface area contributed by atoms with Crippen LogP contribution in [-0.2, 0) is 22.6 Å². The standard InChI is InChI=1S/C20H28N4O2/c1-14(2)12-22-19(25)13-24-17-7-4-3-6-16(17)23-18(24)8-5-11-21-20(26)15-9-10-15/h3-4,6-7,14-15H,5,8-13H2,1-2H3,(H,21,26)(H,22,25). The van der Waals surface area contributed by atoms with Crippen LogP contribution in [0.4, 0.5) is 0 Å². The molecule has 2 amide bonds. The van der Waals surface area contributed by atoms with Crippen molar-refractivity contribution in [3.05, 3.63) is 30.1 Å². The largest absolute Gasteiger partial charge is 0.356 e. The number of fused-ring (bicyclic) bond motifs is 1. The highest BCUT2D eigenvalue weighted by Crippen LogP contribution is 2.28. The molecule has 0 aliphatic heterocycles. The first-order valence-corrected chi connectivity index (χ1v) is 9.53. The van der Waals surface area contributed by atoms with Crippen LogP contribution in [0.3, 0.4) is 0 Å². The summed E-state index contributed by atoms with van der Waals surface area (Å²) in [6, 6.07) is 7.89. The van der Waals surface area contributed by atoms with Gasteiger partial charge in [0.2, 0.25) is 11.8 Å². The van der Waals surface area contributed by atoms with Gasteiger partial charge in [-0.15, -0.1) is 0 Å². The molecule has 1 fully saturated rings. The van der Waals surface area contributed by atoms with Crippen LogP contribution >= 0.6 is 0 Å². The molecule has 1 heterocycles. The van der Waals surface area contributed by atoms with E-state index in [-0.39, 0.29) is 24.3 Å². The van der Waals surface area contributed by atoms with Crippen molar-refractivity contribution in [3.63, 3.8) is 0 Å². The van der Waals surface area contributed by atoms with Crippen molar-refractivity contribution >= 4 is 22.8 Å². The molecular weight excluding hydrogens is 328 g/mol. The smallest absolute Gasteiger partial charge is 0.240 e. The van der Waals surface area contributed by atoms with Gasteiger partial charge in [0.1, 0.15) is 12.4 Å². The summed E-state index contributed by atoms with van der Waals surface area (Å²) < 4.78 is 1.99. The number of aromatic nitrogens is 2. The molecule has 0 unspecified atom stereocenters. The zero-order chi connectivity index (χ0) is 18.5. The lowest BCUT2D eigenvalue weighted by Crippen LogP contribution is -2.31. The number of amides is 2. The molecule has 2 N–H and O–H groups in total. The summed E-state index contributed by atoms with van der Waals surface area (Å²) in [5.41, 5.74) is 1.88. The highest BCUT2D eigenvalue weighted by molar-refractivity contribution is 5.81. The SMILES string of the molecule is CC(C)CNC(=O)Cn1c(CCCNC(=O)C2CC2)nc2ccccc21. The Balaban J connectivity index is 1.63. The van der Waals surface area contributed by atoms with Crippen molar-refractivity contribution in [2.45, 2.75) is 46.1 Å². The number of hydrogen-bond donors (Lipinski definition) is 2. The van der Waals surface area contributed by atoms with Crippen LogP contribution in [0.15, 0.2) is 24.3 Å². The quantitative estimate of drug-likeness (QED) is 0.677. The first kappa shape index (κ1) is 18.4. The van der Waals surface area contributed by atoms with Gasteiger partial charge in [0.15, 0.2) is 0 Å². The third-order valence-electron chi connectivity index (χ3n) is 4.57. The van der Waals surface area contributed by atoms with Crippen LogP contribution in [0.5, 0.6) is 0 Å². The number of carbonyl (C=O) groups is 2. The van der Waals surface area contributed by atoms with Gasteiger partial charge in [0.05, 0.1) is 11.0 Å². The number of rotatable bonds is 9. The Morgan fingerprint density at radius 2 is 2.00 bits per heavy atom. The first-order chi connectivity index (χ1) is 12.5. The summed E-state index contributed by atoms with van der Waals surface area (Å²) in [6.45, 7) is 5.76. The lowest BCUT2D eigenvalue weighted by Gasteiger charge is -2.11. The molecule has 1 aromatic heterocycles. The number of nitrogens with zero attached hydrogens (tertiary/aromatic N) is 2. The molecule has 0 saturated heterocycles. The molecule has 1 saturated carbocycles. The van der Waals surface area contributed by atoms with E-state index in [4.69, 9.17) is 4.98 Å². The molecule has 1 aliphatic rings. The summed E-state index contributed by atoms with van der Waals surface area (Å²) in [5, 5.41) is 5.96. The van der Waals surface area contributed by atoms with Gasteiger partial charge in [-0.3, -0.25) is 9.59 Å². The predicted molar refractivity (Wildman–Crippen MR) is 102 cm³/mol. The number of para-hydroxylation sites is 2. The van der Waals surface area contributed by atoms with E-state index in [0.29, 0.717) is 19.0 Å².